The number of rotatable bonds is 6. The van der Waals surface area contributed by atoms with Gasteiger partial charge in [-0.3, -0.25) is 9.21 Å². The van der Waals surface area contributed by atoms with Crippen molar-refractivity contribution in [2.24, 2.45) is 0 Å². The van der Waals surface area contributed by atoms with Crippen molar-refractivity contribution in [1.82, 2.24) is 19.8 Å². The third kappa shape index (κ3) is 4.60. The van der Waals surface area contributed by atoms with Crippen molar-refractivity contribution in [1.29, 1.82) is 0 Å². The molecule has 3 fully saturated rings. The largest absolute Gasteiger partial charge is 0.371 e. The van der Waals surface area contributed by atoms with Crippen molar-refractivity contribution < 1.29 is 0 Å². The van der Waals surface area contributed by atoms with Crippen molar-refractivity contribution in [2.45, 2.75) is 50.5 Å². The van der Waals surface area contributed by atoms with E-state index in [1.807, 2.05) is 0 Å². The molecule has 1 N–H and O–H groups in total. The van der Waals surface area contributed by atoms with Gasteiger partial charge in [-0.05, 0) is 74.5 Å². The number of nitrogens with zero attached hydrogens (tertiary/aromatic N) is 7. The molecule has 0 radical (unpaired) electrons. The maximum atomic E-state index is 6.71. The Labute approximate surface area is 258 Å². The zero-order valence-corrected chi connectivity index (χ0v) is 26.1. The molecule has 0 amide bonds. The first-order valence-electron chi connectivity index (χ1n) is 15.5. The molecule has 0 bridgehead atoms. The number of hydrogen-bond donors (Lipinski definition) is 1. The number of fused-ring (bicyclic) bond motifs is 1. The summed E-state index contributed by atoms with van der Waals surface area (Å²) in [4.78, 5) is 17.2. The molecule has 1 spiro atoms. The molecule has 42 heavy (non-hydrogen) atoms. The Kier molecular flexibility index (Phi) is 6.70. The lowest BCUT2D eigenvalue weighted by molar-refractivity contribution is 0.0982. The first-order valence-corrected chi connectivity index (χ1v) is 16.6. The average Bonchev–Trinajstić information content (AvgIpc) is 3.62. The highest BCUT2D eigenvalue weighted by Crippen LogP contribution is 2.64. The fourth-order valence-corrected chi connectivity index (χ4v) is 8.77. The van der Waals surface area contributed by atoms with E-state index in [1.54, 1.807) is 18.3 Å². The smallest absolute Gasteiger partial charge is 0.229 e. The van der Waals surface area contributed by atoms with Gasteiger partial charge in [0.1, 0.15) is 5.02 Å². The second-order valence-corrected chi connectivity index (χ2v) is 14.0. The molecule has 0 atom stereocenters. The lowest BCUT2D eigenvalue weighted by Gasteiger charge is -2.42. The third-order valence-corrected chi connectivity index (χ3v) is 11.4. The molecule has 1 aliphatic carbocycles. The normalized spacial score (nSPS) is 21.8. The highest BCUT2D eigenvalue weighted by molar-refractivity contribution is 8.02. The van der Waals surface area contributed by atoms with Gasteiger partial charge in [-0.25, -0.2) is 9.29 Å². The predicted molar refractivity (Wildman–Crippen MR) is 175 cm³/mol. The van der Waals surface area contributed by atoms with E-state index in [0.717, 1.165) is 43.6 Å². The van der Waals surface area contributed by atoms with Crippen molar-refractivity contribution in [2.75, 3.05) is 71.7 Å². The number of piperidine rings is 1. The summed E-state index contributed by atoms with van der Waals surface area (Å²) in [6.07, 6.45) is 7.71. The Hall–Kier alpha value is -2.72. The summed E-state index contributed by atoms with van der Waals surface area (Å²) < 4.78 is 4.59. The Morgan fingerprint density at radius 3 is 2.62 bits per heavy atom. The minimum atomic E-state index is 0.371. The number of aryl methyl sites for hydroxylation is 1. The SMILES string of the molecule is CCc1cc(N2CCC(N3CCN(C)CC3)CC2)ccc1Nc1ncc(Cl)c(N2SN3CC4(CC4)c4cccc2c43)n1. The van der Waals surface area contributed by atoms with E-state index < -0.39 is 0 Å². The van der Waals surface area contributed by atoms with Crippen LogP contribution in [0.1, 0.15) is 43.7 Å². The number of likely N-dealkylation sites (N-methyl/N-ethyl adjacent to an activating group) is 1. The van der Waals surface area contributed by atoms with E-state index in [1.165, 1.54) is 80.1 Å². The van der Waals surface area contributed by atoms with Crippen molar-refractivity contribution in [3.8, 4) is 0 Å². The highest BCUT2D eigenvalue weighted by atomic mass is 35.5. The lowest BCUT2D eigenvalue weighted by atomic mass is 9.98. The molecule has 220 valence electrons. The van der Waals surface area contributed by atoms with E-state index in [9.17, 15) is 0 Å². The standard InChI is InChI=1S/C32H39ClN8S/c1-3-22-19-24(38-13-9-23(10-14-38)39-17-15-37(2)16-18-39)7-8-27(22)35-31-34-20-26(33)30(36-31)41-28-6-4-5-25-29(28)40(42-41)21-32(25)11-12-32/h4-8,19-20,23H,3,9-18,21H2,1-2H3,(H,34,35,36). The topological polar surface area (TPSA) is 54.0 Å². The van der Waals surface area contributed by atoms with Gasteiger partial charge < -0.3 is 15.1 Å². The van der Waals surface area contributed by atoms with Gasteiger partial charge in [0.2, 0.25) is 5.95 Å². The number of anilines is 6. The Balaban J connectivity index is 0.982. The van der Waals surface area contributed by atoms with Gasteiger partial charge in [0, 0.05) is 68.6 Å². The maximum Gasteiger partial charge on any atom is 0.229 e. The van der Waals surface area contributed by atoms with E-state index >= 15 is 0 Å². The molecule has 1 aromatic heterocycles. The van der Waals surface area contributed by atoms with E-state index in [2.05, 4.69) is 84.0 Å². The van der Waals surface area contributed by atoms with Crippen LogP contribution in [0.3, 0.4) is 0 Å². The number of para-hydroxylation sites is 1. The summed E-state index contributed by atoms with van der Waals surface area (Å²) >= 11 is 8.42. The molecule has 8 rings (SSSR count). The lowest BCUT2D eigenvalue weighted by Crippen LogP contribution is -2.52. The zero-order valence-electron chi connectivity index (χ0n) is 24.5. The Morgan fingerprint density at radius 1 is 1.05 bits per heavy atom. The van der Waals surface area contributed by atoms with E-state index in [-0.39, 0.29) is 0 Å². The van der Waals surface area contributed by atoms with E-state index in [0.29, 0.717) is 16.4 Å². The highest BCUT2D eigenvalue weighted by Gasteiger charge is 2.55. The zero-order chi connectivity index (χ0) is 28.4. The van der Waals surface area contributed by atoms with Crippen LogP contribution in [0.15, 0.2) is 42.6 Å². The fraction of sp³-hybridized carbons (Fsp3) is 0.500. The van der Waals surface area contributed by atoms with Crippen LogP contribution in [0.25, 0.3) is 0 Å². The van der Waals surface area contributed by atoms with Gasteiger partial charge >= 0.3 is 0 Å². The molecule has 5 heterocycles. The fourth-order valence-electron chi connectivity index (χ4n) is 7.32. The molecule has 2 aromatic carbocycles. The number of aromatic nitrogens is 2. The van der Waals surface area contributed by atoms with Crippen molar-refractivity contribution >= 4 is 58.3 Å². The third-order valence-electron chi connectivity index (χ3n) is 10.1. The van der Waals surface area contributed by atoms with Gasteiger partial charge in [0.15, 0.2) is 5.82 Å². The summed E-state index contributed by atoms with van der Waals surface area (Å²) in [7, 11) is 2.23. The molecule has 2 saturated heterocycles. The summed E-state index contributed by atoms with van der Waals surface area (Å²) in [6, 6.07) is 14.2. The first-order chi connectivity index (χ1) is 20.5. The Bertz CT molecular complexity index is 1500. The second-order valence-electron chi connectivity index (χ2n) is 12.6. The van der Waals surface area contributed by atoms with Crippen molar-refractivity contribution in [3.63, 3.8) is 0 Å². The number of benzene rings is 2. The number of nitrogens with one attached hydrogen (secondary N) is 1. The number of halogens is 1. The monoisotopic (exact) mass is 602 g/mol. The van der Waals surface area contributed by atoms with Gasteiger partial charge in [-0.1, -0.05) is 30.7 Å². The molecule has 1 saturated carbocycles. The van der Waals surface area contributed by atoms with Gasteiger partial charge in [0.25, 0.3) is 0 Å². The molecule has 4 aliphatic heterocycles. The summed E-state index contributed by atoms with van der Waals surface area (Å²) in [5.74, 6) is 1.29. The van der Waals surface area contributed by atoms with Crippen LogP contribution in [-0.2, 0) is 11.8 Å². The molecule has 3 aromatic rings. The number of hydrogen-bond acceptors (Lipinski definition) is 9. The molecule has 5 aliphatic rings. The minimum Gasteiger partial charge on any atom is -0.371 e. The Morgan fingerprint density at radius 2 is 1.86 bits per heavy atom. The van der Waals surface area contributed by atoms with Crippen LogP contribution in [0, 0.1) is 0 Å². The van der Waals surface area contributed by atoms with Crippen molar-refractivity contribution in [3.05, 3.63) is 58.7 Å². The van der Waals surface area contributed by atoms with Crippen LogP contribution in [0.2, 0.25) is 5.02 Å². The van der Waals surface area contributed by atoms with Crippen LogP contribution < -0.4 is 18.8 Å². The molecular weight excluding hydrogens is 564 g/mol. The van der Waals surface area contributed by atoms with Gasteiger partial charge in [0.05, 0.1) is 29.7 Å². The molecule has 10 heteroatoms. The van der Waals surface area contributed by atoms with Crippen LogP contribution in [0.5, 0.6) is 0 Å². The summed E-state index contributed by atoms with van der Waals surface area (Å²) in [6.45, 7) is 10.3. The van der Waals surface area contributed by atoms with Crippen LogP contribution in [-0.4, -0.2) is 78.7 Å². The first kappa shape index (κ1) is 26.9. The maximum absolute atomic E-state index is 6.71. The molecular formula is C32H39ClN8S. The minimum absolute atomic E-state index is 0.371. The predicted octanol–water partition coefficient (Wildman–Crippen LogP) is 6.22. The number of piperazine rings is 1. The van der Waals surface area contributed by atoms with Crippen LogP contribution in [0.4, 0.5) is 34.5 Å². The summed E-state index contributed by atoms with van der Waals surface area (Å²) in [5.41, 5.74) is 8.00. The second kappa shape index (κ2) is 10.5. The van der Waals surface area contributed by atoms with Crippen LogP contribution >= 0.6 is 23.7 Å². The van der Waals surface area contributed by atoms with Gasteiger partial charge in [-0.2, -0.15) is 4.98 Å². The van der Waals surface area contributed by atoms with Gasteiger partial charge in [-0.15, -0.1) is 0 Å². The van der Waals surface area contributed by atoms with E-state index in [4.69, 9.17) is 16.6 Å². The summed E-state index contributed by atoms with van der Waals surface area (Å²) in [5, 5.41) is 4.08. The average molecular weight is 603 g/mol. The quantitative estimate of drug-likeness (QED) is 0.331. The molecule has 0 unspecified atom stereocenters. The molecule has 8 nitrogen and oxygen atoms in total.